The molecule has 11 heavy (non-hydrogen) atoms. The van der Waals surface area contributed by atoms with Crippen molar-refractivity contribution in [2.24, 2.45) is 5.14 Å². The first kappa shape index (κ1) is 8.92. The number of nitrogens with zero attached hydrogens (tertiary/aromatic N) is 1. The van der Waals surface area contributed by atoms with Gasteiger partial charge in [0, 0.05) is 13.1 Å². The number of nitrogens with two attached hydrogens (primary N) is 1. The highest BCUT2D eigenvalue weighted by Crippen LogP contribution is 2.03. The number of hydrogen-bond acceptors (Lipinski definition) is 3. The topological polar surface area (TPSA) is 75.4 Å². The summed E-state index contributed by atoms with van der Waals surface area (Å²) in [5.41, 5.74) is 2.74. The Labute approximate surface area is 66.7 Å². The second-order valence-corrected chi connectivity index (χ2v) is 4.06. The smallest absolute Gasteiger partial charge is 0.240 e. The average Bonchev–Trinajstić information content (AvgIpc) is 2.10. The fraction of sp³-hybridized carbons (Fsp3) is 1.00. The van der Waals surface area contributed by atoms with Crippen LogP contribution >= 0.6 is 0 Å². The van der Waals surface area contributed by atoms with E-state index in [4.69, 9.17) is 5.14 Å². The Morgan fingerprint density at radius 1 is 1.27 bits per heavy atom. The third kappa shape index (κ3) is 2.74. The summed E-state index contributed by atoms with van der Waals surface area (Å²) in [5.74, 6) is 0. The minimum atomic E-state index is -3.53. The molecule has 1 saturated heterocycles. The third-order valence-electron chi connectivity index (χ3n) is 1.63. The van der Waals surface area contributed by atoms with E-state index in [2.05, 4.69) is 5.43 Å². The van der Waals surface area contributed by atoms with Gasteiger partial charge in [0.25, 0.3) is 10.2 Å². The van der Waals surface area contributed by atoms with Gasteiger partial charge in [-0.05, 0) is 12.8 Å². The summed E-state index contributed by atoms with van der Waals surface area (Å²) in [6.07, 6.45) is 2.94. The summed E-state index contributed by atoms with van der Waals surface area (Å²) in [7, 11) is -3.53. The van der Waals surface area contributed by atoms with Crippen LogP contribution in [0, 0.1) is 0 Å². The highest BCUT2D eigenvalue weighted by Gasteiger charge is 2.17. The van der Waals surface area contributed by atoms with Crippen LogP contribution in [0.25, 0.3) is 0 Å². The maximum atomic E-state index is 10.8. The quantitative estimate of drug-likeness (QED) is 0.552. The van der Waals surface area contributed by atoms with Gasteiger partial charge in [-0.15, -0.1) is 4.41 Å². The van der Waals surface area contributed by atoms with Crippen LogP contribution in [0.3, 0.4) is 0 Å². The van der Waals surface area contributed by atoms with Crippen molar-refractivity contribution < 1.29 is 8.42 Å². The summed E-state index contributed by atoms with van der Waals surface area (Å²) in [4.78, 5) is 0. The Kier molecular flexibility index (Phi) is 2.83. The molecule has 0 saturated carbocycles. The molecule has 5 nitrogen and oxygen atoms in total. The zero-order valence-electron chi connectivity index (χ0n) is 6.28. The Hall–Kier alpha value is -0.170. The maximum Gasteiger partial charge on any atom is 0.289 e. The van der Waals surface area contributed by atoms with Crippen LogP contribution in [0.1, 0.15) is 19.3 Å². The van der Waals surface area contributed by atoms with E-state index in [1.54, 1.807) is 0 Å². The summed E-state index contributed by atoms with van der Waals surface area (Å²) in [6.45, 7) is 1.18. The minimum absolute atomic E-state index is 0.485. The lowest BCUT2D eigenvalue weighted by atomic mass is 10.2. The van der Waals surface area contributed by atoms with Crippen LogP contribution in [0.4, 0.5) is 0 Å². The summed E-state index contributed by atoms with van der Waals surface area (Å²) in [6, 6.07) is 0. The molecule has 1 heterocycles. The molecule has 0 bridgehead atoms. The molecular weight excluding hydrogens is 166 g/mol. The molecule has 3 N–H and O–H groups in total. The molecule has 0 radical (unpaired) electrons. The summed E-state index contributed by atoms with van der Waals surface area (Å²) < 4.78 is 22.7. The van der Waals surface area contributed by atoms with Crippen LogP contribution < -0.4 is 10.6 Å². The van der Waals surface area contributed by atoms with Gasteiger partial charge < -0.3 is 0 Å². The molecule has 1 aliphatic rings. The summed E-state index contributed by atoms with van der Waals surface area (Å²) in [5, 5.41) is 4.92. The molecule has 0 atom stereocenters. The monoisotopic (exact) mass is 179 g/mol. The van der Waals surface area contributed by atoms with Crippen molar-refractivity contribution in [3.63, 3.8) is 0 Å². The Balaban J connectivity index is 2.57. The fourth-order valence-corrected chi connectivity index (χ4v) is 1.71. The number of nitrogens with one attached hydrogen (secondary N) is 1. The Bertz CT molecular complexity index is 206. The van der Waals surface area contributed by atoms with Crippen LogP contribution in [0.15, 0.2) is 0 Å². The van der Waals surface area contributed by atoms with Gasteiger partial charge in [-0.25, -0.2) is 10.6 Å². The number of hydrogen-bond donors (Lipinski definition) is 2. The molecule has 0 aromatic carbocycles. The van der Waals surface area contributed by atoms with E-state index < -0.39 is 10.2 Å². The lowest BCUT2D eigenvalue weighted by molar-refractivity contribution is 0.336. The second kappa shape index (κ2) is 3.48. The Morgan fingerprint density at radius 2 is 2.00 bits per heavy atom. The molecule has 0 amide bonds. The highest BCUT2D eigenvalue weighted by molar-refractivity contribution is 7.86. The van der Waals surface area contributed by atoms with E-state index in [9.17, 15) is 8.42 Å². The van der Waals surface area contributed by atoms with Crippen molar-refractivity contribution in [3.8, 4) is 0 Å². The van der Waals surface area contributed by atoms with E-state index in [0.29, 0.717) is 13.1 Å². The molecule has 6 heteroatoms. The van der Waals surface area contributed by atoms with E-state index in [-0.39, 0.29) is 0 Å². The van der Waals surface area contributed by atoms with Crippen molar-refractivity contribution in [1.29, 1.82) is 0 Å². The zero-order valence-corrected chi connectivity index (χ0v) is 7.10. The average molecular weight is 179 g/mol. The standard InChI is InChI=1S/C5H13N3O2S/c6-11(9,10)8-5-3-1-2-4-7-8/h7H,1-5H2,(H2,6,9,10). The predicted octanol–water partition coefficient (Wildman–Crippen LogP) is -0.820. The van der Waals surface area contributed by atoms with Gasteiger partial charge in [-0.3, -0.25) is 0 Å². The van der Waals surface area contributed by atoms with Crippen LogP contribution in [-0.4, -0.2) is 25.9 Å². The van der Waals surface area contributed by atoms with E-state index in [1.165, 1.54) is 0 Å². The molecule has 1 aliphatic heterocycles. The molecule has 0 aromatic rings. The second-order valence-electron chi connectivity index (χ2n) is 2.59. The third-order valence-corrected chi connectivity index (χ3v) is 2.56. The van der Waals surface area contributed by atoms with Crippen LogP contribution in [-0.2, 0) is 10.2 Å². The first-order valence-corrected chi connectivity index (χ1v) is 5.15. The van der Waals surface area contributed by atoms with Crippen molar-refractivity contribution in [1.82, 2.24) is 9.84 Å². The number of hydrazine groups is 1. The maximum absolute atomic E-state index is 10.8. The predicted molar refractivity (Wildman–Crippen MR) is 41.7 cm³/mol. The fourth-order valence-electron chi connectivity index (χ4n) is 1.06. The molecule has 0 aromatic heterocycles. The number of rotatable bonds is 1. The van der Waals surface area contributed by atoms with E-state index >= 15 is 0 Å². The SMILES string of the molecule is NS(=O)(=O)N1CCCCCN1. The van der Waals surface area contributed by atoms with E-state index in [1.807, 2.05) is 0 Å². The van der Waals surface area contributed by atoms with Crippen LogP contribution in [0.5, 0.6) is 0 Å². The van der Waals surface area contributed by atoms with Gasteiger partial charge in [-0.2, -0.15) is 8.42 Å². The Morgan fingerprint density at radius 3 is 2.64 bits per heavy atom. The lowest BCUT2D eigenvalue weighted by Gasteiger charge is -2.16. The molecule has 1 fully saturated rings. The molecule has 1 rings (SSSR count). The van der Waals surface area contributed by atoms with Crippen LogP contribution in [0.2, 0.25) is 0 Å². The first-order valence-electron chi connectivity index (χ1n) is 3.64. The molecule has 0 aliphatic carbocycles. The zero-order chi connectivity index (χ0) is 8.32. The lowest BCUT2D eigenvalue weighted by Crippen LogP contribution is -2.46. The van der Waals surface area contributed by atoms with Crippen molar-refractivity contribution in [2.45, 2.75) is 19.3 Å². The van der Waals surface area contributed by atoms with E-state index in [0.717, 1.165) is 23.7 Å². The van der Waals surface area contributed by atoms with Gasteiger partial charge >= 0.3 is 0 Å². The van der Waals surface area contributed by atoms with Gasteiger partial charge in [0.05, 0.1) is 0 Å². The van der Waals surface area contributed by atoms with Crippen molar-refractivity contribution >= 4 is 10.2 Å². The van der Waals surface area contributed by atoms with Gasteiger partial charge in [0.1, 0.15) is 0 Å². The minimum Gasteiger partial charge on any atom is -0.240 e. The summed E-state index contributed by atoms with van der Waals surface area (Å²) >= 11 is 0. The van der Waals surface area contributed by atoms with Gasteiger partial charge in [0.15, 0.2) is 0 Å². The first-order chi connectivity index (χ1) is 5.11. The largest absolute Gasteiger partial charge is 0.289 e. The van der Waals surface area contributed by atoms with Gasteiger partial charge in [0.2, 0.25) is 0 Å². The van der Waals surface area contributed by atoms with Crippen molar-refractivity contribution in [3.05, 3.63) is 0 Å². The normalized spacial score (nSPS) is 23.0. The molecule has 66 valence electrons. The van der Waals surface area contributed by atoms with Crippen molar-refractivity contribution in [2.75, 3.05) is 13.1 Å². The molecule has 0 unspecified atom stereocenters. The molecular formula is C5H13N3O2S. The molecule has 0 spiro atoms. The highest BCUT2D eigenvalue weighted by atomic mass is 32.2. The van der Waals surface area contributed by atoms with Gasteiger partial charge in [-0.1, -0.05) is 6.42 Å².